The fraction of sp³-hybridized carbons (Fsp3) is 0.385. The van der Waals surface area contributed by atoms with Gasteiger partial charge in [0.25, 0.3) is 0 Å². The van der Waals surface area contributed by atoms with Gasteiger partial charge in [0.05, 0.1) is 24.5 Å². The van der Waals surface area contributed by atoms with Gasteiger partial charge in [-0.05, 0) is 18.2 Å². The Morgan fingerprint density at radius 3 is 2.85 bits per heavy atom. The second-order valence-corrected chi connectivity index (χ2v) is 4.37. The van der Waals surface area contributed by atoms with Crippen LogP contribution in [0.5, 0.6) is 0 Å². The molecule has 1 heterocycles. The van der Waals surface area contributed by atoms with Gasteiger partial charge in [0, 0.05) is 13.6 Å². The van der Waals surface area contributed by atoms with E-state index in [1.165, 1.54) is 19.2 Å². The molecule has 1 saturated heterocycles. The highest BCUT2D eigenvalue weighted by Gasteiger charge is 2.30. The Kier molecular flexibility index (Phi) is 4.19. The van der Waals surface area contributed by atoms with E-state index in [0.717, 1.165) is 6.07 Å². The molecule has 1 aliphatic heterocycles. The van der Waals surface area contributed by atoms with Crippen molar-refractivity contribution in [3.63, 3.8) is 0 Å². The molecule has 0 bridgehead atoms. The van der Waals surface area contributed by atoms with Crippen LogP contribution in [0, 0.1) is 5.82 Å². The van der Waals surface area contributed by atoms with Gasteiger partial charge >= 0.3 is 5.97 Å². The third kappa shape index (κ3) is 2.72. The number of aromatic carboxylic acids is 1. The summed E-state index contributed by atoms with van der Waals surface area (Å²) in [4.78, 5) is 24.2. The van der Waals surface area contributed by atoms with Gasteiger partial charge in [0.2, 0.25) is 5.91 Å². The lowest BCUT2D eigenvalue weighted by Crippen LogP contribution is -2.53. The van der Waals surface area contributed by atoms with Gasteiger partial charge in [-0.1, -0.05) is 0 Å². The summed E-state index contributed by atoms with van der Waals surface area (Å²) in [7, 11) is 1.50. The Morgan fingerprint density at radius 1 is 1.50 bits per heavy atom. The molecule has 0 saturated carbocycles. The Hall–Kier alpha value is -2.15. The number of carboxylic acid groups (broad SMARTS) is 1. The molecule has 2 rings (SSSR count). The lowest BCUT2D eigenvalue weighted by Gasteiger charge is -2.36. The summed E-state index contributed by atoms with van der Waals surface area (Å²) in [6, 6.07) is 3.02. The van der Waals surface area contributed by atoms with Crippen molar-refractivity contribution in [3.8, 4) is 0 Å². The van der Waals surface area contributed by atoms with Crippen molar-refractivity contribution in [2.75, 3.05) is 31.7 Å². The fourth-order valence-corrected chi connectivity index (χ4v) is 2.15. The zero-order valence-corrected chi connectivity index (χ0v) is 10.9. The number of hydrogen-bond acceptors (Lipinski definition) is 4. The summed E-state index contributed by atoms with van der Waals surface area (Å²) < 4.78 is 19.3. The van der Waals surface area contributed by atoms with Crippen LogP contribution in [0.2, 0.25) is 0 Å². The molecular formula is C13H15FN2O4. The van der Waals surface area contributed by atoms with E-state index >= 15 is 0 Å². The van der Waals surface area contributed by atoms with Gasteiger partial charge in [-0.2, -0.15) is 0 Å². The SMILES string of the molecule is CNC(=O)C1COCCN1c1ccc(C(=O)O)cc1F. The van der Waals surface area contributed by atoms with Gasteiger partial charge < -0.3 is 20.1 Å². The normalized spacial score (nSPS) is 18.7. The zero-order chi connectivity index (χ0) is 14.7. The highest BCUT2D eigenvalue weighted by Crippen LogP contribution is 2.24. The Labute approximate surface area is 115 Å². The number of likely N-dealkylation sites (N-methyl/N-ethyl adjacent to an activating group) is 1. The fourth-order valence-electron chi connectivity index (χ4n) is 2.15. The molecule has 0 radical (unpaired) electrons. The molecule has 1 aliphatic rings. The van der Waals surface area contributed by atoms with E-state index in [9.17, 15) is 14.0 Å². The molecule has 1 aromatic carbocycles. The highest BCUT2D eigenvalue weighted by atomic mass is 19.1. The lowest BCUT2D eigenvalue weighted by molar-refractivity contribution is -0.124. The molecule has 20 heavy (non-hydrogen) atoms. The third-order valence-corrected chi connectivity index (χ3v) is 3.18. The minimum absolute atomic E-state index is 0.129. The van der Waals surface area contributed by atoms with Gasteiger partial charge in [-0.25, -0.2) is 9.18 Å². The number of carbonyl (C=O) groups excluding carboxylic acids is 1. The van der Waals surface area contributed by atoms with E-state index in [0.29, 0.717) is 13.2 Å². The molecule has 0 aliphatic carbocycles. The molecule has 1 atom stereocenters. The predicted molar refractivity (Wildman–Crippen MR) is 69.4 cm³/mol. The third-order valence-electron chi connectivity index (χ3n) is 3.18. The van der Waals surface area contributed by atoms with Crippen LogP contribution in [0.25, 0.3) is 0 Å². The van der Waals surface area contributed by atoms with Crippen LogP contribution in [-0.4, -0.2) is 49.8 Å². The monoisotopic (exact) mass is 282 g/mol. The number of ether oxygens (including phenoxy) is 1. The molecule has 108 valence electrons. The standard InChI is InChI=1S/C13H15FN2O4/c1-15-12(17)11-7-20-5-4-16(11)10-3-2-8(13(18)19)6-9(10)14/h2-3,6,11H,4-5,7H2,1H3,(H,15,17)(H,18,19). The molecule has 1 amide bonds. The molecule has 1 unspecified atom stereocenters. The van der Waals surface area contributed by atoms with E-state index in [1.807, 2.05) is 0 Å². The van der Waals surface area contributed by atoms with Gasteiger partial charge in [0.1, 0.15) is 11.9 Å². The lowest BCUT2D eigenvalue weighted by atomic mass is 10.1. The maximum absolute atomic E-state index is 14.1. The van der Waals surface area contributed by atoms with Gasteiger partial charge in [0.15, 0.2) is 0 Å². The summed E-state index contributed by atoms with van der Waals surface area (Å²) in [5.41, 5.74) is 0.0721. The maximum atomic E-state index is 14.1. The molecular weight excluding hydrogens is 267 g/mol. The van der Waals surface area contributed by atoms with E-state index in [2.05, 4.69) is 5.32 Å². The number of rotatable bonds is 3. The molecule has 6 nitrogen and oxygen atoms in total. The molecule has 7 heteroatoms. The number of anilines is 1. The number of nitrogens with one attached hydrogen (secondary N) is 1. The number of carboxylic acids is 1. The van der Waals surface area contributed by atoms with Gasteiger partial charge in [-0.3, -0.25) is 4.79 Å². The second-order valence-electron chi connectivity index (χ2n) is 4.37. The van der Waals surface area contributed by atoms with Crippen molar-refractivity contribution < 1.29 is 23.8 Å². The number of morpholine rings is 1. The quantitative estimate of drug-likeness (QED) is 0.843. The van der Waals surface area contributed by atoms with Crippen molar-refractivity contribution in [1.82, 2.24) is 5.32 Å². The van der Waals surface area contributed by atoms with Crippen molar-refractivity contribution >= 4 is 17.6 Å². The number of nitrogens with zero attached hydrogens (tertiary/aromatic N) is 1. The smallest absolute Gasteiger partial charge is 0.335 e. The Balaban J connectivity index is 2.32. The summed E-state index contributed by atoms with van der Waals surface area (Å²) in [6.07, 6.45) is 0. The van der Waals surface area contributed by atoms with Crippen molar-refractivity contribution in [2.45, 2.75) is 6.04 Å². The zero-order valence-electron chi connectivity index (χ0n) is 10.9. The van der Waals surface area contributed by atoms with Gasteiger partial charge in [-0.15, -0.1) is 0 Å². The van der Waals surface area contributed by atoms with Crippen LogP contribution in [0.15, 0.2) is 18.2 Å². The first kappa shape index (κ1) is 14.3. The average molecular weight is 282 g/mol. The molecule has 1 fully saturated rings. The Morgan fingerprint density at radius 2 is 2.25 bits per heavy atom. The average Bonchev–Trinajstić information content (AvgIpc) is 2.46. The number of hydrogen-bond donors (Lipinski definition) is 2. The molecule has 2 N–H and O–H groups in total. The molecule has 1 aromatic rings. The molecule has 0 spiro atoms. The van der Waals surface area contributed by atoms with Crippen LogP contribution >= 0.6 is 0 Å². The topological polar surface area (TPSA) is 78.9 Å². The highest BCUT2D eigenvalue weighted by molar-refractivity contribution is 5.89. The van der Waals surface area contributed by atoms with Crippen LogP contribution in [0.4, 0.5) is 10.1 Å². The van der Waals surface area contributed by atoms with E-state index in [4.69, 9.17) is 9.84 Å². The van der Waals surface area contributed by atoms with Crippen LogP contribution in [-0.2, 0) is 9.53 Å². The van der Waals surface area contributed by atoms with E-state index in [-0.39, 0.29) is 23.8 Å². The number of carbonyl (C=O) groups is 2. The number of amides is 1. The Bertz CT molecular complexity index is 535. The minimum atomic E-state index is -1.19. The van der Waals surface area contributed by atoms with E-state index < -0.39 is 17.8 Å². The van der Waals surface area contributed by atoms with Crippen molar-refractivity contribution in [2.24, 2.45) is 0 Å². The first-order chi connectivity index (χ1) is 9.54. The largest absolute Gasteiger partial charge is 0.478 e. The second kappa shape index (κ2) is 5.87. The maximum Gasteiger partial charge on any atom is 0.335 e. The van der Waals surface area contributed by atoms with Crippen molar-refractivity contribution in [1.29, 1.82) is 0 Å². The first-order valence-electron chi connectivity index (χ1n) is 6.13. The minimum Gasteiger partial charge on any atom is -0.478 e. The summed E-state index contributed by atoms with van der Waals surface area (Å²) in [5, 5.41) is 11.3. The first-order valence-corrected chi connectivity index (χ1v) is 6.13. The number of halogens is 1. The van der Waals surface area contributed by atoms with Crippen LogP contribution < -0.4 is 10.2 Å². The molecule has 0 aromatic heterocycles. The van der Waals surface area contributed by atoms with E-state index in [1.54, 1.807) is 4.90 Å². The number of benzene rings is 1. The summed E-state index contributed by atoms with van der Waals surface area (Å²) in [5.74, 6) is -2.13. The summed E-state index contributed by atoms with van der Waals surface area (Å²) >= 11 is 0. The van der Waals surface area contributed by atoms with Crippen LogP contribution in [0.3, 0.4) is 0 Å². The van der Waals surface area contributed by atoms with Crippen molar-refractivity contribution in [3.05, 3.63) is 29.6 Å². The van der Waals surface area contributed by atoms with Crippen LogP contribution in [0.1, 0.15) is 10.4 Å². The predicted octanol–water partition coefficient (Wildman–Crippen LogP) is 0.475. The summed E-state index contributed by atoms with van der Waals surface area (Å²) in [6.45, 7) is 0.912.